The molecule has 0 amide bonds. The van der Waals surface area contributed by atoms with E-state index in [0.717, 1.165) is 27.5 Å². The molecule has 0 heterocycles. The molecule has 32 heavy (non-hydrogen) atoms. The minimum absolute atomic E-state index is 0.385. The molecule has 0 radical (unpaired) electrons. The molecule has 0 unspecified atom stereocenters. The van der Waals surface area contributed by atoms with Crippen molar-refractivity contribution in [2.75, 3.05) is 6.61 Å². The van der Waals surface area contributed by atoms with Crippen LogP contribution in [0.4, 0.5) is 0 Å². The van der Waals surface area contributed by atoms with E-state index in [1.54, 1.807) is 6.07 Å². The number of benzene rings is 4. The van der Waals surface area contributed by atoms with Gasteiger partial charge in [0.05, 0.1) is 23.3 Å². The van der Waals surface area contributed by atoms with Crippen LogP contribution in [0.2, 0.25) is 5.02 Å². The summed E-state index contributed by atoms with van der Waals surface area (Å²) in [6.07, 6.45) is 1.82. The minimum atomic E-state index is 0.385. The van der Waals surface area contributed by atoms with Crippen LogP contribution in [0, 0.1) is 11.3 Å². The van der Waals surface area contributed by atoms with Crippen LogP contribution in [-0.2, 0) is 6.61 Å². The molecule has 4 heteroatoms. The second-order valence-electron chi connectivity index (χ2n) is 7.27. The van der Waals surface area contributed by atoms with Crippen LogP contribution in [0.1, 0.15) is 23.6 Å². The SMILES string of the molecule is CCOc1cc(/C=C(/C#N)c2ccc3ccccc3c2)cc(Cl)c1OCc1ccccc1. The Balaban J connectivity index is 1.67. The van der Waals surface area contributed by atoms with Crippen molar-refractivity contribution < 1.29 is 9.47 Å². The average molecular weight is 440 g/mol. The first-order valence-corrected chi connectivity index (χ1v) is 10.8. The number of allylic oxidation sites excluding steroid dienone is 1. The van der Waals surface area contributed by atoms with Gasteiger partial charge in [-0.05, 0) is 58.7 Å². The third kappa shape index (κ3) is 4.94. The van der Waals surface area contributed by atoms with Crippen molar-refractivity contribution in [2.45, 2.75) is 13.5 Å². The first-order valence-electron chi connectivity index (χ1n) is 10.4. The largest absolute Gasteiger partial charge is 0.490 e. The van der Waals surface area contributed by atoms with E-state index in [0.29, 0.717) is 35.3 Å². The Hall–Kier alpha value is -3.74. The van der Waals surface area contributed by atoms with Gasteiger partial charge in [0, 0.05) is 0 Å². The summed E-state index contributed by atoms with van der Waals surface area (Å²) in [4.78, 5) is 0. The Morgan fingerprint density at radius 3 is 2.41 bits per heavy atom. The van der Waals surface area contributed by atoms with Crippen molar-refractivity contribution in [3.05, 3.63) is 107 Å². The topological polar surface area (TPSA) is 42.2 Å². The molecule has 0 saturated carbocycles. The predicted octanol–water partition coefficient (Wildman–Crippen LogP) is 7.54. The van der Waals surface area contributed by atoms with Crippen molar-refractivity contribution in [1.82, 2.24) is 0 Å². The highest BCUT2D eigenvalue weighted by atomic mass is 35.5. The van der Waals surface area contributed by atoms with Gasteiger partial charge in [0.1, 0.15) is 6.61 Å². The van der Waals surface area contributed by atoms with E-state index in [-0.39, 0.29) is 0 Å². The first-order chi connectivity index (χ1) is 15.7. The lowest BCUT2D eigenvalue weighted by Gasteiger charge is -2.15. The molecule has 0 N–H and O–H groups in total. The quantitative estimate of drug-likeness (QED) is 0.220. The molecule has 4 aromatic carbocycles. The molecule has 0 atom stereocenters. The van der Waals surface area contributed by atoms with E-state index in [1.165, 1.54) is 0 Å². The summed E-state index contributed by atoms with van der Waals surface area (Å²) < 4.78 is 11.8. The highest BCUT2D eigenvalue weighted by molar-refractivity contribution is 6.32. The zero-order valence-electron chi connectivity index (χ0n) is 17.7. The normalized spacial score (nSPS) is 11.2. The lowest BCUT2D eigenvalue weighted by atomic mass is 10.00. The average Bonchev–Trinajstić information content (AvgIpc) is 2.82. The van der Waals surface area contributed by atoms with Gasteiger partial charge in [0.15, 0.2) is 11.5 Å². The number of rotatable bonds is 7. The molecule has 3 nitrogen and oxygen atoms in total. The molecule has 0 aromatic heterocycles. The fraction of sp³-hybridized carbons (Fsp3) is 0.107. The zero-order valence-corrected chi connectivity index (χ0v) is 18.5. The summed E-state index contributed by atoms with van der Waals surface area (Å²) in [5.74, 6) is 1.05. The Labute approximate surface area is 193 Å². The highest BCUT2D eigenvalue weighted by Gasteiger charge is 2.13. The van der Waals surface area contributed by atoms with E-state index in [1.807, 2.05) is 85.8 Å². The zero-order chi connectivity index (χ0) is 22.3. The lowest BCUT2D eigenvalue weighted by Crippen LogP contribution is -2.01. The van der Waals surface area contributed by atoms with Crippen LogP contribution in [0.3, 0.4) is 0 Å². The molecule has 0 bridgehead atoms. The molecule has 0 aliphatic rings. The molecule has 0 fully saturated rings. The van der Waals surface area contributed by atoms with Crippen molar-refractivity contribution >= 4 is 34.0 Å². The monoisotopic (exact) mass is 439 g/mol. The van der Waals surface area contributed by atoms with Crippen LogP contribution in [0.15, 0.2) is 84.9 Å². The number of fused-ring (bicyclic) bond motifs is 1. The molecule has 4 rings (SSSR count). The molecular formula is C28H22ClNO2. The number of halogens is 1. The second-order valence-corrected chi connectivity index (χ2v) is 7.68. The van der Waals surface area contributed by atoms with Crippen molar-refractivity contribution in [3.8, 4) is 17.6 Å². The summed E-state index contributed by atoms with van der Waals surface area (Å²) in [5.41, 5.74) is 3.21. The molecular weight excluding hydrogens is 418 g/mol. The highest BCUT2D eigenvalue weighted by Crippen LogP contribution is 2.38. The van der Waals surface area contributed by atoms with Gasteiger partial charge in [0.25, 0.3) is 0 Å². The van der Waals surface area contributed by atoms with Gasteiger partial charge in [-0.3, -0.25) is 0 Å². The van der Waals surface area contributed by atoms with Gasteiger partial charge in [-0.2, -0.15) is 5.26 Å². The van der Waals surface area contributed by atoms with Crippen LogP contribution in [0.25, 0.3) is 22.4 Å². The van der Waals surface area contributed by atoms with E-state index < -0.39 is 0 Å². The summed E-state index contributed by atoms with van der Waals surface area (Å²) >= 11 is 6.57. The maximum Gasteiger partial charge on any atom is 0.180 e. The Morgan fingerprint density at radius 2 is 1.66 bits per heavy atom. The third-order valence-electron chi connectivity index (χ3n) is 5.05. The number of hydrogen-bond acceptors (Lipinski definition) is 3. The maximum absolute atomic E-state index is 9.81. The van der Waals surface area contributed by atoms with Gasteiger partial charge < -0.3 is 9.47 Å². The van der Waals surface area contributed by atoms with Crippen LogP contribution >= 0.6 is 11.6 Å². The smallest absolute Gasteiger partial charge is 0.180 e. The van der Waals surface area contributed by atoms with Gasteiger partial charge in [-0.15, -0.1) is 0 Å². The molecule has 0 saturated heterocycles. The minimum Gasteiger partial charge on any atom is -0.490 e. The molecule has 0 spiro atoms. The Bertz CT molecular complexity index is 1310. The summed E-state index contributed by atoms with van der Waals surface area (Å²) in [7, 11) is 0. The number of ether oxygens (including phenoxy) is 2. The predicted molar refractivity (Wildman–Crippen MR) is 131 cm³/mol. The number of nitriles is 1. The lowest BCUT2D eigenvalue weighted by molar-refractivity contribution is 0.269. The van der Waals surface area contributed by atoms with Crippen LogP contribution in [-0.4, -0.2) is 6.61 Å². The Morgan fingerprint density at radius 1 is 0.906 bits per heavy atom. The van der Waals surface area contributed by atoms with Crippen LogP contribution in [0.5, 0.6) is 11.5 Å². The van der Waals surface area contributed by atoms with E-state index >= 15 is 0 Å². The molecule has 0 aliphatic heterocycles. The van der Waals surface area contributed by atoms with Crippen molar-refractivity contribution in [3.63, 3.8) is 0 Å². The third-order valence-corrected chi connectivity index (χ3v) is 5.33. The molecule has 0 aliphatic carbocycles. The van der Waals surface area contributed by atoms with Crippen molar-refractivity contribution in [2.24, 2.45) is 0 Å². The van der Waals surface area contributed by atoms with Crippen molar-refractivity contribution in [1.29, 1.82) is 5.26 Å². The van der Waals surface area contributed by atoms with Gasteiger partial charge in [-0.1, -0.05) is 78.3 Å². The number of hydrogen-bond donors (Lipinski definition) is 0. The summed E-state index contributed by atoms with van der Waals surface area (Å²) in [6, 6.07) is 29.9. The van der Waals surface area contributed by atoms with E-state index in [4.69, 9.17) is 21.1 Å². The fourth-order valence-corrected chi connectivity index (χ4v) is 3.78. The summed E-state index contributed by atoms with van der Waals surface area (Å²) in [6.45, 7) is 2.77. The van der Waals surface area contributed by atoms with Gasteiger partial charge >= 0.3 is 0 Å². The Kier molecular flexibility index (Phi) is 6.75. The first kappa shape index (κ1) is 21.5. The molecule has 158 valence electrons. The maximum atomic E-state index is 9.81. The number of nitrogens with zero attached hydrogens (tertiary/aromatic N) is 1. The van der Waals surface area contributed by atoms with Gasteiger partial charge in [0.2, 0.25) is 0 Å². The molecule has 4 aromatic rings. The standard InChI is InChI=1S/C28H22ClNO2/c1-2-31-27-16-21(15-26(29)28(27)32-19-20-8-4-3-5-9-20)14-25(18-30)24-13-12-22-10-6-7-11-23(22)17-24/h3-17H,2,19H2,1H3/b25-14-. The second kappa shape index (κ2) is 10.0. The summed E-state index contributed by atoms with van der Waals surface area (Å²) in [5, 5.41) is 12.5. The van der Waals surface area contributed by atoms with Crippen LogP contribution < -0.4 is 9.47 Å². The fourth-order valence-electron chi connectivity index (χ4n) is 3.51. The van der Waals surface area contributed by atoms with E-state index in [2.05, 4.69) is 12.1 Å². The van der Waals surface area contributed by atoms with Gasteiger partial charge in [-0.25, -0.2) is 0 Å². The van der Waals surface area contributed by atoms with E-state index in [9.17, 15) is 5.26 Å².